The number of benzene rings is 2. The van der Waals surface area contributed by atoms with Crippen LogP contribution in [-0.2, 0) is 0 Å². The lowest BCUT2D eigenvalue weighted by Gasteiger charge is -2.16. The molecule has 1 fully saturated rings. The number of amides is 1. The van der Waals surface area contributed by atoms with Crippen molar-refractivity contribution in [1.29, 1.82) is 0 Å². The maximum atomic E-state index is 12.7. The van der Waals surface area contributed by atoms with Gasteiger partial charge in [-0.3, -0.25) is 9.69 Å². The number of halogens is 3. The zero-order valence-electron chi connectivity index (χ0n) is 13.8. The van der Waals surface area contributed by atoms with E-state index in [1.807, 2.05) is 19.1 Å². The van der Waals surface area contributed by atoms with Gasteiger partial charge in [0.1, 0.15) is 5.75 Å². The minimum atomic E-state index is -2.90. The summed E-state index contributed by atoms with van der Waals surface area (Å²) in [7, 11) is 0. The fraction of sp³-hybridized carbons (Fsp3) is 0.222. The van der Waals surface area contributed by atoms with Gasteiger partial charge in [-0.05, 0) is 48.9 Å². The molecule has 0 spiro atoms. The third kappa shape index (κ3) is 4.16. The van der Waals surface area contributed by atoms with Crippen molar-refractivity contribution in [2.24, 2.45) is 4.99 Å². The zero-order chi connectivity index (χ0) is 18.7. The molecule has 26 heavy (non-hydrogen) atoms. The summed E-state index contributed by atoms with van der Waals surface area (Å²) in [5.41, 5.74) is 1.93. The van der Waals surface area contributed by atoms with Gasteiger partial charge in [0.25, 0.3) is 5.91 Å². The van der Waals surface area contributed by atoms with Gasteiger partial charge in [-0.25, -0.2) is 4.99 Å². The monoisotopic (exact) mass is 396 g/mol. The molecule has 1 aliphatic rings. The number of hydrogen-bond donors (Lipinski definition) is 0. The van der Waals surface area contributed by atoms with E-state index in [0.717, 1.165) is 11.3 Å². The van der Waals surface area contributed by atoms with Crippen LogP contribution in [0.2, 0.25) is 5.02 Å². The van der Waals surface area contributed by atoms with Crippen LogP contribution in [0.5, 0.6) is 5.75 Å². The summed E-state index contributed by atoms with van der Waals surface area (Å²) in [6.07, 6.45) is 0. The lowest BCUT2D eigenvalue weighted by atomic mass is 10.2. The van der Waals surface area contributed by atoms with Gasteiger partial charge in [-0.2, -0.15) is 8.78 Å². The Morgan fingerprint density at radius 1 is 1.27 bits per heavy atom. The average Bonchev–Trinajstić information content (AvgIpc) is 3.07. The van der Waals surface area contributed by atoms with Gasteiger partial charge < -0.3 is 4.74 Å². The van der Waals surface area contributed by atoms with E-state index >= 15 is 0 Å². The summed E-state index contributed by atoms with van der Waals surface area (Å²) in [5.74, 6) is 0.504. The number of aliphatic imine (C=N–C) groups is 1. The van der Waals surface area contributed by atoms with Gasteiger partial charge in [-0.1, -0.05) is 29.4 Å². The fourth-order valence-electron chi connectivity index (χ4n) is 2.44. The van der Waals surface area contributed by atoms with E-state index in [4.69, 9.17) is 11.6 Å². The number of carbonyl (C=O) groups is 1. The van der Waals surface area contributed by atoms with Crippen LogP contribution in [0.25, 0.3) is 0 Å². The van der Waals surface area contributed by atoms with Crippen molar-refractivity contribution < 1.29 is 18.3 Å². The van der Waals surface area contributed by atoms with Gasteiger partial charge in [-0.15, -0.1) is 0 Å². The predicted molar refractivity (Wildman–Crippen MR) is 99.9 cm³/mol. The van der Waals surface area contributed by atoms with Crippen molar-refractivity contribution in [2.45, 2.75) is 13.5 Å². The molecule has 0 aromatic heterocycles. The van der Waals surface area contributed by atoms with Crippen LogP contribution < -0.4 is 4.74 Å². The minimum absolute atomic E-state index is 0.00999. The molecular formula is C18H15ClF2N2O2S. The van der Waals surface area contributed by atoms with Crippen LogP contribution in [0, 0.1) is 6.92 Å². The van der Waals surface area contributed by atoms with E-state index in [9.17, 15) is 13.6 Å². The Hall–Kier alpha value is -2.12. The molecule has 2 aromatic rings. The van der Waals surface area contributed by atoms with Gasteiger partial charge in [0.15, 0.2) is 5.17 Å². The first-order chi connectivity index (χ1) is 12.5. The van der Waals surface area contributed by atoms with Crippen LogP contribution in [0.15, 0.2) is 47.5 Å². The molecule has 0 bridgehead atoms. The highest BCUT2D eigenvalue weighted by Crippen LogP contribution is 2.29. The second-order valence-corrected chi connectivity index (χ2v) is 6.96. The number of hydrogen-bond acceptors (Lipinski definition) is 4. The van der Waals surface area contributed by atoms with Crippen molar-refractivity contribution in [3.8, 4) is 5.75 Å². The van der Waals surface area contributed by atoms with Crippen molar-refractivity contribution >= 4 is 40.1 Å². The smallest absolute Gasteiger partial charge is 0.387 e. The Kier molecular flexibility index (Phi) is 5.78. The molecule has 3 rings (SSSR count). The number of nitrogens with zero attached hydrogens (tertiary/aromatic N) is 2. The average molecular weight is 397 g/mol. The summed E-state index contributed by atoms with van der Waals surface area (Å²) < 4.78 is 28.7. The Bertz CT molecular complexity index is 844. The third-order valence-electron chi connectivity index (χ3n) is 3.80. The minimum Gasteiger partial charge on any atom is -0.435 e. The van der Waals surface area contributed by atoms with Crippen LogP contribution in [0.1, 0.15) is 15.9 Å². The molecule has 4 nitrogen and oxygen atoms in total. The molecule has 1 saturated heterocycles. The standard InChI is InChI=1S/C18H15ClF2N2O2S/c1-11-14(19)3-2-4-15(11)22-18-23(9-10-26-18)16(24)12-5-7-13(8-6-12)25-17(20)21/h2-8,17H,9-10H2,1H3. The molecule has 1 amide bonds. The molecule has 8 heteroatoms. The van der Waals surface area contributed by atoms with Gasteiger partial charge in [0.05, 0.1) is 5.69 Å². The first-order valence-electron chi connectivity index (χ1n) is 7.79. The number of rotatable bonds is 4. The van der Waals surface area contributed by atoms with Crippen molar-refractivity contribution in [3.63, 3.8) is 0 Å². The third-order valence-corrected chi connectivity index (χ3v) is 5.17. The Morgan fingerprint density at radius 2 is 2.00 bits per heavy atom. The highest BCUT2D eigenvalue weighted by molar-refractivity contribution is 8.14. The highest BCUT2D eigenvalue weighted by atomic mass is 35.5. The Morgan fingerprint density at radius 3 is 2.69 bits per heavy atom. The summed E-state index contributed by atoms with van der Waals surface area (Å²) in [6, 6.07) is 11.1. The van der Waals surface area contributed by atoms with E-state index in [-0.39, 0.29) is 11.7 Å². The lowest BCUT2D eigenvalue weighted by Crippen LogP contribution is -2.31. The molecule has 0 aliphatic carbocycles. The summed E-state index contributed by atoms with van der Waals surface area (Å²) >= 11 is 7.61. The van der Waals surface area contributed by atoms with Gasteiger partial charge in [0, 0.05) is 22.9 Å². The van der Waals surface area contributed by atoms with E-state index in [1.165, 1.54) is 36.0 Å². The van der Waals surface area contributed by atoms with Crippen LogP contribution >= 0.6 is 23.4 Å². The molecule has 0 atom stereocenters. The SMILES string of the molecule is Cc1c(Cl)cccc1N=C1SCCN1C(=O)c1ccc(OC(F)F)cc1. The van der Waals surface area contributed by atoms with Crippen LogP contribution in [0.3, 0.4) is 0 Å². The molecule has 0 radical (unpaired) electrons. The second-order valence-electron chi connectivity index (χ2n) is 5.49. The van der Waals surface area contributed by atoms with Gasteiger partial charge in [0.2, 0.25) is 0 Å². The molecule has 0 N–H and O–H groups in total. The first-order valence-corrected chi connectivity index (χ1v) is 9.15. The summed E-state index contributed by atoms with van der Waals surface area (Å²) in [5, 5.41) is 1.20. The number of ether oxygens (including phenoxy) is 1. The predicted octanol–water partition coefficient (Wildman–Crippen LogP) is 5.13. The van der Waals surface area contributed by atoms with Crippen molar-refractivity contribution in [1.82, 2.24) is 4.90 Å². The Labute approximate surface area is 158 Å². The maximum absolute atomic E-state index is 12.7. The van der Waals surface area contributed by atoms with E-state index < -0.39 is 6.61 Å². The fourth-order valence-corrected chi connectivity index (χ4v) is 3.56. The van der Waals surface area contributed by atoms with E-state index in [2.05, 4.69) is 9.73 Å². The van der Waals surface area contributed by atoms with Crippen molar-refractivity contribution in [3.05, 3.63) is 58.6 Å². The number of carbonyl (C=O) groups excluding carboxylic acids is 1. The van der Waals surface area contributed by atoms with Crippen molar-refractivity contribution in [2.75, 3.05) is 12.3 Å². The largest absolute Gasteiger partial charge is 0.435 e. The second kappa shape index (κ2) is 8.05. The number of thioether (sulfide) groups is 1. The van der Waals surface area contributed by atoms with E-state index in [1.54, 1.807) is 11.0 Å². The zero-order valence-corrected chi connectivity index (χ0v) is 15.4. The molecule has 1 aliphatic heterocycles. The Balaban J connectivity index is 1.82. The molecule has 2 aromatic carbocycles. The van der Waals surface area contributed by atoms with Crippen LogP contribution in [-0.4, -0.2) is 34.9 Å². The van der Waals surface area contributed by atoms with E-state index in [0.29, 0.717) is 28.0 Å². The number of amidine groups is 1. The molecule has 1 heterocycles. The summed E-state index contributed by atoms with van der Waals surface area (Å²) in [4.78, 5) is 18.9. The van der Waals surface area contributed by atoms with Crippen LogP contribution in [0.4, 0.5) is 14.5 Å². The van der Waals surface area contributed by atoms with Gasteiger partial charge >= 0.3 is 6.61 Å². The molecule has 136 valence electrons. The molecule has 0 saturated carbocycles. The normalized spacial score (nSPS) is 15.7. The highest BCUT2D eigenvalue weighted by Gasteiger charge is 2.27. The quantitative estimate of drug-likeness (QED) is 0.719. The molecular weight excluding hydrogens is 382 g/mol. The summed E-state index contributed by atoms with van der Waals surface area (Å²) in [6.45, 7) is -0.502. The topological polar surface area (TPSA) is 41.9 Å². The molecule has 0 unspecified atom stereocenters. The first kappa shape index (κ1) is 18.7. The lowest BCUT2D eigenvalue weighted by molar-refractivity contribution is -0.0498. The maximum Gasteiger partial charge on any atom is 0.387 e. The number of alkyl halides is 2.